The smallest absolute Gasteiger partial charge is 0.251 e. The van der Waals surface area contributed by atoms with Crippen molar-refractivity contribution in [3.05, 3.63) is 23.8 Å². The van der Waals surface area contributed by atoms with Crippen LogP contribution >= 0.6 is 0 Å². The number of hydrogen-bond acceptors (Lipinski definition) is 4. The second-order valence-corrected chi connectivity index (χ2v) is 8.65. The number of unbranched alkanes of at least 4 members (excludes halogenated alkanes) is 2. The van der Waals surface area contributed by atoms with Crippen LogP contribution in [0.4, 0.5) is 0 Å². The lowest BCUT2D eigenvalue weighted by atomic mass is 10.1. The first-order chi connectivity index (χ1) is 12.4. The molecule has 1 heterocycles. The fourth-order valence-electron chi connectivity index (χ4n) is 3.25. The van der Waals surface area contributed by atoms with E-state index in [1.807, 2.05) is 6.92 Å². The fraction of sp³-hybridized carbons (Fsp3) is 0.632. The number of ether oxygens (including phenoxy) is 1. The minimum atomic E-state index is -3.71. The van der Waals surface area contributed by atoms with Gasteiger partial charge in [0.25, 0.3) is 5.91 Å². The Morgan fingerprint density at radius 3 is 2.73 bits per heavy atom. The number of nitrogens with zero attached hydrogens (tertiary/aromatic N) is 1. The number of rotatable bonds is 8. The van der Waals surface area contributed by atoms with Crippen LogP contribution in [0.5, 0.6) is 5.75 Å². The van der Waals surface area contributed by atoms with Crippen LogP contribution in [0.25, 0.3) is 0 Å². The Labute approximate surface area is 157 Å². The van der Waals surface area contributed by atoms with Crippen molar-refractivity contribution in [2.75, 3.05) is 20.2 Å². The number of carbonyl (C=O) groups excluding carboxylic acids is 1. The molecule has 1 unspecified atom stereocenters. The van der Waals surface area contributed by atoms with Gasteiger partial charge in [-0.1, -0.05) is 26.2 Å². The summed E-state index contributed by atoms with van der Waals surface area (Å²) in [5.74, 6) is 0.0113. The number of sulfonamides is 1. The van der Waals surface area contributed by atoms with Crippen molar-refractivity contribution >= 4 is 15.9 Å². The van der Waals surface area contributed by atoms with Crippen molar-refractivity contribution in [3.63, 3.8) is 0 Å². The third kappa shape index (κ3) is 4.76. The molecule has 1 aromatic carbocycles. The molecule has 0 saturated carbocycles. The molecule has 26 heavy (non-hydrogen) atoms. The van der Waals surface area contributed by atoms with Crippen molar-refractivity contribution in [2.24, 2.45) is 0 Å². The molecule has 1 aromatic rings. The fourth-order valence-corrected chi connectivity index (χ4v) is 5.14. The molecule has 1 aliphatic heterocycles. The molecule has 2 rings (SSSR count). The van der Waals surface area contributed by atoms with Gasteiger partial charge in [0.05, 0.1) is 7.11 Å². The molecule has 1 atom stereocenters. The maximum absolute atomic E-state index is 13.2. The summed E-state index contributed by atoms with van der Waals surface area (Å²) in [6.07, 6.45) is 5.77. The predicted molar refractivity (Wildman–Crippen MR) is 102 cm³/mol. The van der Waals surface area contributed by atoms with Crippen LogP contribution in [0, 0.1) is 0 Å². The Hall–Kier alpha value is -1.60. The van der Waals surface area contributed by atoms with Crippen molar-refractivity contribution in [3.8, 4) is 5.75 Å². The van der Waals surface area contributed by atoms with Gasteiger partial charge in [0.15, 0.2) is 0 Å². The summed E-state index contributed by atoms with van der Waals surface area (Å²) < 4.78 is 33.1. The zero-order valence-corrected chi connectivity index (χ0v) is 16.8. The Kier molecular flexibility index (Phi) is 7.46. The van der Waals surface area contributed by atoms with Crippen LogP contribution < -0.4 is 10.1 Å². The highest BCUT2D eigenvalue weighted by Crippen LogP contribution is 2.31. The molecule has 0 aromatic heterocycles. The maximum Gasteiger partial charge on any atom is 0.251 e. The minimum Gasteiger partial charge on any atom is -0.495 e. The van der Waals surface area contributed by atoms with Gasteiger partial charge in [0, 0.05) is 24.7 Å². The molecule has 146 valence electrons. The standard InChI is InChI=1S/C19H30N2O4S/c1-4-5-7-12-20-19(22)16-10-11-17(25-3)18(14-16)26(23,24)21-13-8-6-9-15(21)2/h10-11,14-15H,4-9,12-13H2,1-3H3,(H,20,22). The summed E-state index contributed by atoms with van der Waals surface area (Å²) >= 11 is 0. The predicted octanol–water partition coefficient (Wildman–Crippen LogP) is 3.18. The van der Waals surface area contributed by atoms with Crippen LogP contribution in [0.2, 0.25) is 0 Å². The summed E-state index contributed by atoms with van der Waals surface area (Å²) in [7, 11) is -2.27. The molecule has 0 bridgehead atoms. The van der Waals surface area contributed by atoms with Gasteiger partial charge in [-0.25, -0.2) is 8.42 Å². The van der Waals surface area contributed by atoms with E-state index >= 15 is 0 Å². The highest BCUT2D eigenvalue weighted by Gasteiger charge is 2.33. The van der Waals surface area contributed by atoms with E-state index in [-0.39, 0.29) is 22.6 Å². The molecule has 1 saturated heterocycles. The number of amides is 1. The van der Waals surface area contributed by atoms with E-state index in [0.717, 1.165) is 38.5 Å². The number of benzene rings is 1. The zero-order valence-electron chi connectivity index (χ0n) is 16.0. The molecule has 6 nitrogen and oxygen atoms in total. The van der Waals surface area contributed by atoms with Crippen molar-refractivity contribution in [1.29, 1.82) is 0 Å². The average molecular weight is 383 g/mol. The van der Waals surface area contributed by atoms with Crippen LogP contribution in [0.3, 0.4) is 0 Å². The molecule has 0 aliphatic carbocycles. The van der Waals surface area contributed by atoms with Crippen LogP contribution in [0.1, 0.15) is 62.7 Å². The third-order valence-electron chi connectivity index (χ3n) is 4.82. The van der Waals surface area contributed by atoms with E-state index in [1.165, 1.54) is 17.5 Å². The summed E-state index contributed by atoms with van der Waals surface area (Å²) in [6, 6.07) is 4.55. The van der Waals surface area contributed by atoms with Gasteiger partial charge in [-0.2, -0.15) is 4.31 Å². The molecule has 0 radical (unpaired) electrons. The molecular formula is C19H30N2O4S. The Bertz CT molecular complexity index is 718. The molecule has 1 N–H and O–H groups in total. The summed E-state index contributed by atoms with van der Waals surface area (Å²) in [6.45, 7) is 5.11. The molecular weight excluding hydrogens is 352 g/mol. The van der Waals surface area contributed by atoms with Gasteiger partial charge in [0.1, 0.15) is 10.6 Å². The Balaban J connectivity index is 2.27. The average Bonchev–Trinajstić information content (AvgIpc) is 2.64. The topological polar surface area (TPSA) is 75.7 Å². The highest BCUT2D eigenvalue weighted by molar-refractivity contribution is 7.89. The van der Waals surface area contributed by atoms with Crippen molar-refractivity contribution < 1.29 is 17.9 Å². The maximum atomic E-state index is 13.2. The second-order valence-electron chi connectivity index (χ2n) is 6.79. The Morgan fingerprint density at radius 1 is 1.31 bits per heavy atom. The summed E-state index contributed by atoms with van der Waals surface area (Å²) in [4.78, 5) is 12.4. The molecule has 1 amide bonds. The van der Waals surface area contributed by atoms with Crippen molar-refractivity contribution in [1.82, 2.24) is 9.62 Å². The third-order valence-corrected chi connectivity index (χ3v) is 6.86. The second kappa shape index (κ2) is 9.37. The number of hydrogen-bond donors (Lipinski definition) is 1. The lowest BCUT2D eigenvalue weighted by molar-refractivity contribution is 0.0952. The van der Waals surface area contributed by atoms with Gasteiger partial charge in [-0.05, 0) is 44.4 Å². The van der Waals surface area contributed by atoms with E-state index in [2.05, 4.69) is 12.2 Å². The summed E-state index contributed by atoms with van der Waals surface area (Å²) in [5, 5.41) is 2.85. The Morgan fingerprint density at radius 2 is 2.08 bits per heavy atom. The molecule has 0 spiro atoms. The SMILES string of the molecule is CCCCCNC(=O)c1ccc(OC)c(S(=O)(=O)N2CCCCC2C)c1. The van der Waals surface area contributed by atoms with Gasteiger partial charge in [0.2, 0.25) is 10.0 Å². The number of methoxy groups -OCH3 is 1. The van der Waals surface area contributed by atoms with E-state index in [9.17, 15) is 13.2 Å². The van der Waals surface area contributed by atoms with E-state index < -0.39 is 10.0 Å². The number of nitrogens with one attached hydrogen (secondary N) is 1. The first kappa shape index (κ1) is 20.7. The van der Waals surface area contributed by atoms with Gasteiger partial charge < -0.3 is 10.1 Å². The first-order valence-electron chi connectivity index (χ1n) is 9.40. The van der Waals surface area contributed by atoms with Gasteiger partial charge in [-0.3, -0.25) is 4.79 Å². The summed E-state index contributed by atoms with van der Waals surface area (Å²) in [5.41, 5.74) is 0.338. The van der Waals surface area contributed by atoms with Crippen LogP contribution in [0.15, 0.2) is 23.1 Å². The quantitative estimate of drug-likeness (QED) is 0.701. The molecule has 1 fully saturated rings. The lowest BCUT2D eigenvalue weighted by Gasteiger charge is -2.32. The molecule has 7 heteroatoms. The van der Waals surface area contributed by atoms with E-state index in [0.29, 0.717) is 18.7 Å². The van der Waals surface area contributed by atoms with Gasteiger partial charge >= 0.3 is 0 Å². The normalized spacial score (nSPS) is 18.5. The first-order valence-corrected chi connectivity index (χ1v) is 10.8. The van der Waals surface area contributed by atoms with Crippen LogP contribution in [-0.4, -0.2) is 44.9 Å². The lowest BCUT2D eigenvalue weighted by Crippen LogP contribution is -2.42. The number of piperidine rings is 1. The molecule has 1 aliphatic rings. The van der Waals surface area contributed by atoms with E-state index in [4.69, 9.17) is 4.74 Å². The van der Waals surface area contributed by atoms with Crippen molar-refractivity contribution in [2.45, 2.75) is 63.3 Å². The minimum absolute atomic E-state index is 0.0509. The van der Waals surface area contributed by atoms with E-state index in [1.54, 1.807) is 12.1 Å². The number of carbonyl (C=O) groups is 1. The van der Waals surface area contributed by atoms with Crippen LogP contribution in [-0.2, 0) is 10.0 Å². The largest absolute Gasteiger partial charge is 0.495 e. The monoisotopic (exact) mass is 382 g/mol. The van der Waals surface area contributed by atoms with Gasteiger partial charge in [-0.15, -0.1) is 0 Å². The highest BCUT2D eigenvalue weighted by atomic mass is 32.2. The zero-order chi connectivity index (χ0) is 19.2.